The lowest BCUT2D eigenvalue weighted by atomic mass is 9.87. The first-order valence-electron chi connectivity index (χ1n) is 12.9. The standard InChI is InChI=1S/C29H37NO5/c1-4-15-29(3,28(31)32)34-18-20-9-8-12-24(16-20)33-19-25-26(5-2)35-27(30-25)23-14-13-21-10-6-7-11-22(21)17-23/h6-7,10-11,13-14,17,20,24H,4-5,8-9,12,15-16,18-19H2,1-3H3,(H,31,32)/t20-,24+,29?/m1/s1. The van der Waals surface area contributed by atoms with E-state index in [0.717, 1.165) is 60.9 Å². The number of rotatable bonds is 11. The van der Waals surface area contributed by atoms with Crippen molar-refractivity contribution in [2.45, 2.75) is 84.0 Å². The summed E-state index contributed by atoms with van der Waals surface area (Å²) in [7, 11) is 0. The Kier molecular flexibility index (Phi) is 8.24. The average molecular weight is 480 g/mol. The van der Waals surface area contributed by atoms with E-state index in [-0.39, 0.29) is 6.10 Å². The van der Waals surface area contributed by atoms with Crippen LogP contribution in [0.15, 0.2) is 46.9 Å². The minimum atomic E-state index is -1.11. The van der Waals surface area contributed by atoms with Crippen molar-refractivity contribution in [2.24, 2.45) is 5.92 Å². The first kappa shape index (κ1) is 25.4. The molecule has 6 heteroatoms. The van der Waals surface area contributed by atoms with Crippen molar-refractivity contribution in [1.82, 2.24) is 4.98 Å². The Morgan fingerprint density at radius 1 is 1.17 bits per heavy atom. The number of aromatic nitrogens is 1. The monoisotopic (exact) mass is 479 g/mol. The fourth-order valence-electron chi connectivity index (χ4n) is 4.98. The molecule has 0 bridgehead atoms. The third kappa shape index (κ3) is 6.11. The van der Waals surface area contributed by atoms with Gasteiger partial charge in [-0.2, -0.15) is 0 Å². The van der Waals surface area contributed by atoms with Gasteiger partial charge in [-0.25, -0.2) is 9.78 Å². The zero-order valence-electron chi connectivity index (χ0n) is 21.1. The van der Waals surface area contributed by atoms with E-state index in [0.29, 0.717) is 31.4 Å². The molecule has 0 aliphatic heterocycles. The lowest BCUT2D eigenvalue weighted by Gasteiger charge is -2.32. The van der Waals surface area contributed by atoms with Gasteiger partial charge < -0.3 is 19.0 Å². The van der Waals surface area contributed by atoms with Gasteiger partial charge in [-0.1, -0.05) is 57.0 Å². The van der Waals surface area contributed by atoms with Crippen LogP contribution in [-0.4, -0.2) is 34.4 Å². The molecule has 1 unspecified atom stereocenters. The highest BCUT2D eigenvalue weighted by Crippen LogP contribution is 2.31. The highest BCUT2D eigenvalue weighted by Gasteiger charge is 2.35. The van der Waals surface area contributed by atoms with Gasteiger partial charge in [-0.05, 0) is 61.4 Å². The minimum Gasteiger partial charge on any atom is -0.479 e. The molecule has 0 saturated heterocycles. The zero-order chi connectivity index (χ0) is 24.8. The molecule has 1 N–H and O–H groups in total. The van der Waals surface area contributed by atoms with Crippen LogP contribution in [0.1, 0.15) is 70.8 Å². The van der Waals surface area contributed by atoms with Crippen molar-refractivity contribution in [2.75, 3.05) is 6.61 Å². The molecule has 1 saturated carbocycles. The first-order chi connectivity index (χ1) is 16.9. The zero-order valence-corrected chi connectivity index (χ0v) is 21.1. The van der Waals surface area contributed by atoms with Crippen LogP contribution in [0.2, 0.25) is 0 Å². The molecule has 0 amide bonds. The van der Waals surface area contributed by atoms with Gasteiger partial charge in [0.1, 0.15) is 11.5 Å². The quantitative estimate of drug-likeness (QED) is 0.326. The summed E-state index contributed by atoms with van der Waals surface area (Å²) in [6.07, 6.45) is 6.13. The van der Waals surface area contributed by atoms with Crippen molar-refractivity contribution in [3.63, 3.8) is 0 Å². The fourth-order valence-corrected chi connectivity index (χ4v) is 4.98. The van der Waals surface area contributed by atoms with Crippen molar-refractivity contribution in [1.29, 1.82) is 0 Å². The Balaban J connectivity index is 1.37. The third-order valence-corrected chi connectivity index (χ3v) is 7.10. The number of nitrogens with zero attached hydrogens (tertiary/aromatic N) is 1. The lowest BCUT2D eigenvalue weighted by molar-refractivity contribution is -0.167. The number of aryl methyl sites for hydroxylation is 1. The lowest BCUT2D eigenvalue weighted by Crippen LogP contribution is -2.40. The smallest absolute Gasteiger partial charge is 0.335 e. The molecule has 35 heavy (non-hydrogen) atoms. The molecular weight excluding hydrogens is 442 g/mol. The van der Waals surface area contributed by atoms with Gasteiger partial charge in [-0.15, -0.1) is 0 Å². The number of hydrogen-bond donors (Lipinski definition) is 1. The highest BCUT2D eigenvalue weighted by atomic mass is 16.5. The van der Waals surface area contributed by atoms with E-state index < -0.39 is 11.6 Å². The van der Waals surface area contributed by atoms with Gasteiger partial charge in [0.2, 0.25) is 5.89 Å². The first-order valence-corrected chi connectivity index (χ1v) is 12.9. The maximum atomic E-state index is 11.7. The predicted molar refractivity (Wildman–Crippen MR) is 136 cm³/mol. The Morgan fingerprint density at radius 3 is 2.71 bits per heavy atom. The molecule has 6 nitrogen and oxygen atoms in total. The topological polar surface area (TPSA) is 81.8 Å². The van der Waals surface area contributed by atoms with Crippen LogP contribution in [-0.2, 0) is 27.3 Å². The Labute approximate surface area is 207 Å². The number of benzene rings is 2. The van der Waals surface area contributed by atoms with Gasteiger partial charge in [0, 0.05) is 12.0 Å². The van der Waals surface area contributed by atoms with Crippen LogP contribution in [0.5, 0.6) is 0 Å². The van der Waals surface area contributed by atoms with Crippen LogP contribution in [0.4, 0.5) is 0 Å². The molecule has 1 aromatic heterocycles. The second-order valence-electron chi connectivity index (χ2n) is 9.87. The van der Waals surface area contributed by atoms with E-state index in [1.807, 2.05) is 25.1 Å². The molecule has 188 valence electrons. The van der Waals surface area contributed by atoms with Crippen LogP contribution in [0, 0.1) is 5.92 Å². The van der Waals surface area contributed by atoms with Crippen LogP contribution < -0.4 is 0 Å². The molecule has 1 aliphatic rings. The largest absolute Gasteiger partial charge is 0.479 e. The molecule has 1 heterocycles. The maximum Gasteiger partial charge on any atom is 0.335 e. The number of fused-ring (bicyclic) bond motifs is 1. The summed E-state index contributed by atoms with van der Waals surface area (Å²) in [6, 6.07) is 14.5. The summed E-state index contributed by atoms with van der Waals surface area (Å²) in [5.41, 5.74) is 0.710. The molecule has 1 fully saturated rings. The van der Waals surface area contributed by atoms with E-state index in [1.165, 1.54) is 5.39 Å². The van der Waals surface area contributed by atoms with Gasteiger partial charge in [0.15, 0.2) is 5.60 Å². The summed E-state index contributed by atoms with van der Waals surface area (Å²) in [4.78, 5) is 16.5. The molecule has 4 rings (SSSR count). The predicted octanol–water partition coefficient (Wildman–Crippen LogP) is 6.79. The number of hydrogen-bond acceptors (Lipinski definition) is 5. The van der Waals surface area contributed by atoms with Crippen molar-refractivity contribution < 1.29 is 23.8 Å². The number of ether oxygens (including phenoxy) is 2. The summed E-state index contributed by atoms with van der Waals surface area (Å²) >= 11 is 0. The van der Waals surface area contributed by atoms with E-state index >= 15 is 0 Å². The van der Waals surface area contributed by atoms with Crippen LogP contribution >= 0.6 is 0 Å². The van der Waals surface area contributed by atoms with Gasteiger partial charge in [-0.3, -0.25) is 0 Å². The summed E-state index contributed by atoms with van der Waals surface area (Å²) in [6.45, 7) is 6.60. The van der Waals surface area contributed by atoms with Gasteiger partial charge in [0.25, 0.3) is 0 Å². The summed E-state index contributed by atoms with van der Waals surface area (Å²) in [5.74, 6) is 0.911. The molecular formula is C29H37NO5. The highest BCUT2D eigenvalue weighted by molar-refractivity contribution is 5.86. The number of carboxylic acid groups (broad SMARTS) is 1. The molecule has 3 aromatic rings. The molecule has 1 aliphatic carbocycles. The number of oxazole rings is 1. The molecule has 3 atom stereocenters. The third-order valence-electron chi connectivity index (χ3n) is 7.10. The second kappa shape index (κ2) is 11.4. The van der Waals surface area contributed by atoms with Gasteiger partial charge >= 0.3 is 5.97 Å². The van der Waals surface area contributed by atoms with Crippen molar-refractivity contribution in [3.05, 3.63) is 53.9 Å². The molecule has 0 spiro atoms. The normalized spacial score (nSPS) is 20.1. The Bertz CT molecular complexity index is 1140. The van der Waals surface area contributed by atoms with Crippen molar-refractivity contribution >= 4 is 16.7 Å². The minimum absolute atomic E-state index is 0.116. The number of carbonyl (C=O) groups is 1. The fraction of sp³-hybridized carbons (Fsp3) is 0.517. The number of carboxylic acids is 1. The van der Waals surface area contributed by atoms with Crippen LogP contribution in [0.25, 0.3) is 22.2 Å². The Morgan fingerprint density at radius 2 is 1.97 bits per heavy atom. The van der Waals surface area contributed by atoms with Crippen molar-refractivity contribution in [3.8, 4) is 11.5 Å². The van der Waals surface area contributed by atoms with E-state index in [2.05, 4.69) is 31.2 Å². The SMILES string of the molecule is CCCC(C)(OC[C@@H]1CCC[C@H](OCc2nc(-c3ccc4ccccc4c3)oc2CC)C1)C(=O)O. The summed E-state index contributed by atoms with van der Waals surface area (Å²) in [5, 5.41) is 11.9. The van der Waals surface area contributed by atoms with E-state index in [1.54, 1.807) is 6.92 Å². The second-order valence-corrected chi connectivity index (χ2v) is 9.87. The van der Waals surface area contributed by atoms with Gasteiger partial charge in [0.05, 0.1) is 19.3 Å². The average Bonchev–Trinajstić information content (AvgIpc) is 3.29. The Hall–Kier alpha value is -2.70. The summed E-state index contributed by atoms with van der Waals surface area (Å²) < 4.78 is 18.3. The van der Waals surface area contributed by atoms with Crippen LogP contribution in [0.3, 0.4) is 0 Å². The van der Waals surface area contributed by atoms with E-state index in [4.69, 9.17) is 18.9 Å². The molecule has 2 aromatic carbocycles. The van der Waals surface area contributed by atoms with E-state index in [9.17, 15) is 9.90 Å². The maximum absolute atomic E-state index is 11.7. The molecule has 0 radical (unpaired) electrons. The number of aliphatic carboxylic acids is 1.